The predicted octanol–water partition coefficient (Wildman–Crippen LogP) is 1.62. The Hall–Kier alpha value is -2.55. The van der Waals surface area contributed by atoms with Gasteiger partial charge in [-0.1, -0.05) is 12.1 Å². The molecule has 0 radical (unpaired) electrons. The van der Waals surface area contributed by atoms with E-state index in [1.165, 1.54) is 23.1 Å². The molecule has 1 aromatic heterocycles. The van der Waals surface area contributed by atoms with Crippen LogP contribution in [-0.2, 0) is 9.84 Å². The summed E-state index contributed by atoms with van der Waals surface area (Å²) in [4.78, 5) is 13.8. The molecule has 1 N–H and O–H groups in total. The van der Waals surface area contributed by atoms with Crippen molar-refractivity contribution in [2.45, 2.75) is 12.5 Å². The van der Waals surface area contributed by atoms with Gasteiger partial charge in [-0.05, 0) is 30.7 Å². The Balaban J connectivity index is 1.69. The van der Waals surface area contributed by atoms with E-state index in [1.54, 1.807) is 25.2 Å². The van der Waals surface area contributed by atoms with Crippen LogP contribution in [0.15, 0.2) is 36.4 Å². The molecule has 2 heterocycles. The Kier molecular flexibility index (Phi) is 4.67. The zero-order valence-corrected chi connectivity index (χ0v) is 14.3. The third-order valence-electron chi connectivity index (χ3n) is 4.10. The molecule has 1 saturated heterocycles. The number of carbonyl (C=O) groups is 1. The van der Waals surface area contributed by atoms with Gasteiger partial charge in [-0.15, -0.1) is 10.2 Å². The first kappa shape index (κ1) is 17.3. The lowest BCUT2D eigenvalue weighted by molar-refractivity contribution is 0.0740. The predicted molar refractivity (Wildman–Crippen MR) is 90.9 cm³/mol. The minimum atomic E-state index is -3.08. The number of nitrogens with zero attached hydrogens (tertiary/aromatic N) is 3. The fourth-order valence-corrected chi connectivity index (χ4v) is 4.42. The van der Waals surface area contributed by atoms with Crippen LogP contribution in [0, 0.1) is 5.82 Å². The van der Waals surface area contributed by atoms with Crippen molar-refractivity contribution < 1.29 is 17.6 Å². The Bertz CT molecular complexity index is 887. The van der Waals surface area contributed by atoms with E-state index < -0.39 is 21.6 Å². The maximum Gasteiger partial charge on any atom is 0.274 e. The van der Waals surface area contributed by atoms with Crippen LogP contribution in [-0.4, -0.2) is 54.0 Å². The minimum absolute atomic E-state index is 0.0322. The third-order valence-corrected chi connectivity index (χ3v) is 5.85. The number of nitrogens with one attached hydrogen (secondary N) is 1. The fourth-order valence-electron chi connectivity index (χ4n) is 2.64. The highest BCUT2D eigenvalue weighted by Gasteiger charge is 2.33. The summed E-state index contributed by atoms with van der Waals surface area (Å²) in [6.45, 7) is 0. The Labute approximate surface area is 144 Å². The molecule has 7 nitrogen and oxygen atoms in total. The summed E-state index contributed by atoms with van der Waals surface area (Å²) in [5.41, 5.74) is 0.357. The summed E-state index contributed by atoms with van der Waals surface area (Å²) in [6.07, 6.45) is 0.422. The molecule has 2 aromatic rings. The van der Waals surface area contributed by atoms with E-state index in [0.717, 1.165) is 0 Å². The lowest BCUT2D eigenvalue weighted by atomic mass is 10.2. The summed E-state index contributed by atoms with van der Waals surface area (Å²) < 4.78 is 36.7. The summed E-state index contributed by atoms with van der Waals surface area (Å²) in [7, 11) is -1.52. The van der Waals surface area contributed by atoms with Gasteiger partial charge < -0.3 is 10.2 Å². The Morgan fingerprint density at radius 3 is 2.60 bits per heavy atom. The van der Waals surface area contributed by atoms with E-state index in [0.29, 0.717) is 12.2 Å². The quantitative estimate of drug-likeness (QED) is 0.886. The molecule has 9 heteroatoms. The van der Waals surface area contributed by atoms with E-state index in [2.05, 4.69) is 15.5 Å². The normalized spacial score (nSPS) is 18.7. The van der Waals surface area contributed by atoms with Crippen LogP contribution in [0.5, 0.6) is 0 Å². The highest BCUT2D eigenvalue weighted by Crippen LogP contribution is 2.19. The molecular formula is C16H17FN4O3S. The molecule has 1 atom stereocenters. The van der Waals surface area contributed by atoms with Gasteiger partial charge in [0.1, 0.15) is 5.82 Å². The fraction of sp³-hybridized carbons (Fsp3) is 0.312. The molecule has 132 valence electrons. The number of aromatic nitrogens is 2. The van der Waals surface area contributed by atoms with Gasteiger partial charge in [-0.3, -0.25) is 4.79 Å². The number of anilines is 2. The van der Waals surface area contributed by atoms with Crippen molar-refractivity contribution >= 4 is 27.2 Å². The van der Waals surface area contributed by atoms with Crippen LogP contribution in [0.1, 0.15) is 16.9 Å². The van der Waals surface area contributed by atoms with Gasteiger partial charge in [-0.25, -0.2) is 12.8 Å². The number of amides is 1. The van der Waals surface area contributed by atoms with E-state index in [1.807, 2.05) is 0 Å². The van der Waals surface area contributed by atoms with Crippen LogP contribution in [0.2, 0.25) is 0 Å². The van der Waals surface area contributed by atoms with Gasteiger partial charge in [-0.2, -0.15) is 0 Å². The van der Waals surface area contributed by atoms with Crippen molar-refractivity contribution in [1.82, 2.24) is 15.1 Å². The molecule has 3 rings (SSSR count). The molecule has 1 aromatic carbocycles. The molecule has 1 amide bonds. The standard InChI is InChI=1S/C16H17FN4O3S/c1-21(11-8-9-25(23,24)10-11)16(22)14-6-7-15(20-19-14)18-13-5-3-2-4-12(13)17/h2-7,11H,8-10H2,1H3,(H,18,20). The van der Waals surface area contributed by atoms with Crippen LogP contribution in [0.4, 0.5) is 15.9 Å². The molecule has 0 spiro atoms. The van der Waals surface area contributed by atoms with Crippen molar-refractivity contribution in [3.63, 3.8) is 0 Å². The van der Waals surface area contributed by atoms with Crippen LogP contribution in [0.25, 0.3) is 0 Å². The average Bonchev–Trinajstić information content (AvgIpc) is 2.96. The zero-order chi connectivity index (χ0) is 18.0. The van der Waals surface area contributed by atoms with Crippen molar-refractivity contribution in [3.05, 3.63) is 47.9 Å². The third kappa shape index (κ3) is 3.93. The lowest BCUT2D eigenvalue weighted by Crippen LogP contribution is -2.38. The van der Waals surface area contributed by atoms with Crippen molar-refractivity contribution in [1.29, 1.82) is 0 Å². The Morgan fingerprint density at radius 2 is 2.00 bits per heavy atom. The van der Waals surface area contributed by atoms with Gasteiger partial charge in [0.2, 0.25) is 0 Å². The van der Waals surface area contributed by atoms with Crippen LogP contribution in [0.3, 0.4) is 0 Å². The molecule has 1 unspecified atom stereocenters. The molecule has 1 aliphatic heterocycles. The second-order valence-electron chi connectivity index (χ2n) is 5.88. The highest BCUT2D eigenvalue weighted by molar-refractivity contribution is 7.91. The molecule has 0 aliphatic carbocycles. The maximum atomic E-state index is 13.6. The van der Waals surface area contributed by atoms with E-state index in [4.69, 9.17) is 0 Å². The van der Waals surface area contributed by atoms with E-state index in [-0.39, 0.29) is 28.9 Å². The number of hydrogen-bond acceptors (Lipinski definition) is 6. The number of hydrogen-bond donors (Lipinski definition) is 1. The van der Waals surface area contributed by atoms with Gasteiger partial charge in [0, 0.05) is 13.1 Å². The van der Waals surface area contributed by atoms with Crippen molar-refractivity contribution in [3.8, 4) is 0 Å². The topological polar surface area (TPSA) is 92.3 Å². The molecule has 1 fully saturated rings. The number of halogens is 1. The summed E-state index contributed by atoms with van der Waals surface area (Å²) in [5, 5.41) is 10.5. The summed E-state index contributed by atoms with van der Waals surface area (Å²) in [6, 6.07) is 8.78. The highest BCUT2D eigenvalue weighted by atomic mass is 32.2. The van der Waals surface area contributed by atoms with Gasteiger partial charge in [0.25, 0.3) is 5.91 Å². The first-order valence-corrected chi connectivity index (χ1v) is 9.51. The lowest BCUT2D eigenvalue weighted by Gasteiger charge is -2.22. The SMILES string of the molecule is CN(C(=O)c1ccc(Nc2ccccc2F)nn1)C1CCS(=O)(=O)C1. The van der Waals surface area contributed by atoms with Crippen LogP contribution < -0.4 is 5.32 Å². The average molecular weight is 364 g/mol. The summed E-state index contributed by atoms with van der Waals surface area (Å²) >= 11 is 0. The number of carbonyl (C=O) groups excluding carboxylic acids is 1. The van der Waals surface area contributed by atoms with E-state index >= 15 is 0 Å². The molecule has 1 aliphatic rings. The number of para-hydroxylation sites is 1. The van der Waals surface area contributed by atoms with Crippen LogP contribution >= 0.6 is 0 Å². The number of rotatable bonds is 4. The first-order valence-electron chi connectivity index (χ1n) is 7.68. The molecule has 0 bridgehead atoms. The number of benzene rings is 1. The van der Waals surface area contributed by atoms with Crippen molar-refractivity contribution in [2.24, 2.45) is 0 Å². The van der Waals surface area contributed by atoms with Crippen molar-refractivity contribution in [2.75, 3.05) is 23.9 Å². The van der Waals surface area contributed by atoms with E-state index in [9.17, 15) is 17.6 Å². The molecular weight excluding hydrogens is 347 g/mol. The number of sulfone groups is 1. The smallest absolute Gasteiger partial charge is 0.274 e. The summed E-state index contributed by atoms with van der Waals surface area (Å²) in [5.74, 6) is -0.464. The first-order chi connectivity index (χ1) is 11.9. The maximum absolute atomic E-state index is 13.6. The second-order valence-corrected chi connectivity index (χ2v) is 8.11. The largest absolute Gasteiger partial charge is 0.336 e. The Morgan fingerprint density at radius 1 is 1.24 bits per heavy atom. The van der Waals surface area contributed by atoms with Gasteiger partial charge in [0.15, 0.2) is 21.3 Å². The second kappa shape index (κ2) is 6.75. The minimum Gasteiger partial charge on any atom is -0.336 e. The van der Waals surface area contributed by atoms with Gasteiger partial charge in [0.05, 0.1) is 17.2 Å². The molecule has 25 heavy (non-hydrogen) atoms. The van der Waals surface area contributed by atoms with Gasteiger partial charge >= 0.3 is 0 Å². The molecule has 0 saturated carbocycles. The monoisotopic (exact) mass is 364 g/mol. The zero-order valence-electron chi connectivity index (χ0n) is 13.5.